The Bertz CT molecular complexity index is 905. The zero-order valence-corrected chi connectivity index (χ0v) is 15.8. The molecule has 0 aromatic heterocycles. The van der Waals surface area contributed by atoms with Crippen LogP contribution in [0.4, 0.5) is 5.69 Å². The third-order valence-electron chi connectivity index (χ3n) is 4.59. The van der Waals surface area contributed by atoms with Crippen LogP contribution >= 0.6 is 0 Å². The lowest BCUT2D eigenvalue weighted by molar-refractivity contribution is 1.11. The van der Waals surface area contributed by atoms with Gasteiger partial charge in [0.2, 0.25) is 0 Å². The molecule has 2 aromatic carbocycles. The fraction of sp³-hybridized carbons (Fsp3) is 0.0769. The number of nitrogens with zero attached hydrogens (tertiary/aromatic N) is 1. The van der Waals surface area contributed by atoms with Crippen molar-refractivity contribution in [3.8, 4) is 11.1 Å². The Morgan fingerprint density at radius 1 is 0.741 bits per heavy atom. The van der Waals surface area contributed by atoms with Crippen molar-refractivity contribution in [1.29, 1.82) is 0 Å². The molecule has 0 fully saturated rings. The van der Waals surface area contributed by atoms with Gasteiger partial charge >= 0.3 is 0 Å². The van der Waals surface area contributed by atoms with E-state index >= 15 is 0 Å². The van der Waals surface area contributed by atoms with Crippen molar-refractivity contribution in [2.45, 2.75) is 13.3 Å². The lowest BCUT2D eigenvalue weighted by Gasteiger charge is -2.21. The van der Waals surface area contributed by atoms with Gasteiger partial charge in [0, 0.05) is 18.1 Å². The minimum absolute atomic E-state index is 0.915. The van der Waals surface area contributed by atoms with Gasteiger partial charge in [0.1, 0.15) is 0 Å². The van der Waals surface area contributed by atoms with E-state index in [0.29, 0.717) is 0 Å². The molecule has 27 heavy (non-hydrogen) atoms. The Morgan fingerprint density at radius 2 is 1.37 bits per heavy atom. The van der Waals surface area contributed by atoms with E-state index in [1.807, 2.05) is 36.5 Å². The Kier molecular flexibility index (Phi) is 6.06. The smallest absolute Gasteiger partial charge is 0.0487 e. The van der Waals surface area contributed by atoms with E-state index < -0.39 is 0 Å². The van der Waals surface area contributed by atoms with Crippen LogP contribution in [0.3, 0.4) is 0 Å². The van der Waals surface area contributed by atoms with Gasteiger partial charge in [0.15, 0.2) is 0 Å². The Hall–Kier alpha value is -3.32. The van der Waals surface area contributed by atoms with Crippen molar-refractivity contribution in [1.82, 2.24) is 0 Å². The van der Waals surface area contributed by atoms with Crippen molar-refractivity contribution < 1.29 is 0 Å². The van der Waals surface area contributed by atoms with Crippen LogP contribution in [0.25, 0.3) is 11.1 Å². The highest BCUT2D eigenvalue weighted by molar-refractivity contribution is 5.75. The second-order valence-electron chi connectivity index (χ2n) is 6.38. The van der Waals surface area contributed by atoms with E-state index in [1.54, 1.807) is 0 Å². The topological polar surface area (TPSA) is 3.24 Å². The summed E-state index contributed by atoms with van der Waals surface area (Å²) in [4.78, 5) is 2.16. The maximum atomic E-state index is 4.04. The number of benzene rings is 2. The summed E-state index contributed by atoms with van der Waals surface area (Å²) < 4.78 is 0. The summed E-state index contributed by atoms with van der Waals surface area (Å²) >= 11 is 0. The van der Waals surface area contributed by atoms with Gasteiger partial charge in [-0.3, -0.25) is 0 Å². The van der Waals surface area contributed by atoms with Crippen LogP contribution in [-0.4, -0.2) is 0 Å². The third kappa shape index (κ3) is 4.45. The monoisotopic (exact) mass is 351 g/mol. The van der Waals surface area contributed by atoms with E-state index in [2.05, 4.69) is 85.9 Å². The predicted octanol–water partition coefficient (Wildman–Crippen LogP) is 6.99. The van der Waals surface area contributed by atoms with Gasteiger partial charge in [-0.05, 0) is 52.5 Å². The summed E-state index contributed by atoms with van der Waals surface area (Å²) in [5.74, 6) is 0. The van der Waals surface area contributed by atoms with Crippen molar-refractivity contribution in [2.75, 3.05) is 4.90 Å². The first-order valence-electron chi connectivity index (χ1n) is 9.24. The average molecular weight is 351 g/mol. The lowest BCUT2D eigenvalue weighted by Crippen LogP contribution is -2.10. The van der Waals surface area contributed by atoms with Gasteiger partial charge in [-0.1, -0.05) is 86.9 Å². The van der Waals surface area contributed by atoms with Crippen molar-refractivity contribution >= 4 is 5.69 Å². The van der Waals surface area contributed by atoms with Gasteiger partial charge in [0.25, 0.3) is 0 Å². The van der Waals surface area contributed by atoms with Gasteiger partial charge in [-0.25, -0.2) is 0 Å². The summed E-state index contributed by atoms with van der Waals surface area (Å²) in [6, 6.07) is 17.1. The second-order valence-corrected chi connectivity index (χ2v) is 6.38. The summed E-state index contributed by atoms with van der Waals surface area (Å²) in [5, 5.41) is 0. The summed E-state index contributed by atoms with van der Waals surface area (Å²) in [7, 11) is 0. The molecular formula is C26H25N. The summed E-state index contributed by atoms with van der Waals surface area (Å²) in [6.07, 6.45) is 17.1. The number of anilines is 1. The molecule has 1 heterocycles. The molecular weight excluding hydrogens is 326 g/mol. The number of hydrogen-bond acceptors (Lipinski definition) is 1. The third-order valence-corrected chi connectivity index (χ3v) is 4.59. The molecule has 3 rings (SSSR count). The van der Waals surface area contributed by atoms with Crippen molar-refractivity contribution in [3.05, 3.63) is 127 Å². The molecule has 0 unspecified atom stereocenters. The minimum Gasteiger partial charge on any atom is -0.324 e. The molecule has 0 saturated heterocycles. The van der Waals surface area contributed by atoms with Crippen LogP contribution in [-0.2, 0) is 6.42 Å². The maximum Gasteiger partial charge on any atom is 0.0487 e. The quantitative estimate of drug-likeness (QED) is 0.576. The molecule has 2 aromatic rings. The summed E-state index contributed by atoms with van der Waals surface area (Å²) in [5.41, 5.74) is 6.87. The zero-order chi connectivity index (χ0) is 19.1. The van der Waals surface area contributed by atoms with E-state index in [0.717, 1.165) is 17.6 Å². The molecule has 0 saturated carbocycles. The highest BCUT2D eigenvalue weighted by Gasteiger charge is 2.11. The Balaban J connectivity index is 2.06. The maximum absolute atomic E-state index is 4.04. The van der Waals surface area contributed by atoms with E-state index in [9.17, 15) is 0 Å². The van der Waals surface area contributed by atoms with Crippen LogP contribution < -0.4 is 4.90 Å². The molecule has 0 aliphatic carbocycles. The molecule has 0 atom stereocenters. The minimum atomic E-state index is 0.915. The first-order valence-corrected chi connectivity index (χ1v) is 9.24. The van der Waals surface area contributed by atoms with Crippen molar-refractivity contribution in [2.24, 2.45) is 0 Å². The summed E-state index contributed by atoms with van der Waals surface area (Å²) in [6.45, 7) is 10.3. The van der Waals surface area contributed by atoms with Gasteiger partial charge in [-0.15, -0.1) is 0 Å². The molecule has 0 N–H and O–H groups in total. The molecule has 1 aliphatic heterocycles. The molecule has 0 amide bonds. The first-order chi connectivity index (χ1) is 13.2. The van der Waals surface area contributed by atoms with Gasteiger partial charge in [0.05, 0.1) is 0 Å². The predicted molar refractivity (Wildman–Crippen MR) is 119 cm³/mol. The molecule has 0 bridgehead atoms. The van der Waals surface area contributed by atoms with E-state index in [-0.39, 0.29) is 0 Å². The Morgan fingerprint density at radius 3 is 1.96 bits per heavy atom. The fourth-order valence-electron chi connectivity index (χ4n) is 3.13. The van der Waals surface area contributed by atoms with E-state index in [1.165, 1.54) is 22.4 Å². The molecule has 134 valence electrons. The standard InChI is InChI=1S/C26H25N/c1-4-24-25(23-15-6-5-7-16-23)17-12-18-26(24)27-19-10-8-13-21(2)22(3)14-9-11-20-27/h5-20H,2-4H2,1H3/b13-8-,14-9-,19-10-,20-11-. The van der Waals surface area contributed by atoms with Crippen LogP contribution in [0, 0.1) is 0 Å². The zero-order valence-electron chi connectivity index (χ0n) is 15.8. The van der Waals surface area contributed by atoms with Gasteiger partial charge in [-0.2, -0.15) is 0 Å². The van der Waals surface area contributed by atoms with Crippen LogP contribution in [0.1, 0.15) is 12.5 Å². The molecule has 1 aliphatic rings. The molecule has 1 heteroatoms. The normalized spacial score (nSPS) is 19.2. The van der Waals surface area contributed by atoms with E-state index in [4.69, 9.17) is 0 Å². The fourth-order valence-corrected chi connectivity index (χ4v) is 3.13. The molecule has 0 radical (unpaired) electrons. The number of hydrogen-bond donors (Lipinski definition) is 0. The second kappa shape index (κ2) is 8.86. The van der Waals surface area contributed by atoms with Gasteiger partial charge < -0.3 is 4.90 Å². The van der Waals surface area contributed by atoms with Crippen molar-refractivity contribution in [3.63, 3.8) is 0 Å². The molecule has 1 nitrogen and oxygen atoms in total. The highest BCUT2D eigenvalue weighted by Crippen LogP contribution is 2.32. The molecule has 0 spiro atoms. The van der Waals surface area contributed by atoms with Crippen LogP contribution in [0.15, 0.2) is 122 Å². The largest absolute Gasteiger partial charge is 0.324 e. The number of allylic oxidation sites excluding steroid dienone is 8. The SMILES string of the molecule is C=C1/C=C\C=C/N(c2cccc(-c3ccccc3)c2CC)/C=C\C=C/C1=C. The average Bonchev–Trinajstić information content (AvgIpc) is 2.75. The first kappa shape index (κ1) is 18.5. The lowest BCUT2D eigenvalue weighted by atomic mass is 9.96. The number of rotatable bonds is 3. The highest BCUT2D eigenvalue weighted by atomic mass is 15.1. The Labute approximate surface area is 162 Å². The van der Waals surface area contributed by atoms with Crippen LogP contribution in [0.2, 0.25) is 0 Å². The van der Waals surface area contributed by atoms with Crippen LogP contribution in [0.5, 0.6) is 0 Å².